The van der Waals surface area contributed by atoms with Crippen LogP contribution < -0.4 is 34.0 Å². The topological polar surface area (TPSA) is 83.5 Å². The van der Waals surface area contributed by atoms with Crippen LogP contribution >= 0.6 is 11.3 Å². The van der Waals surface area contributed by atoms with Gasteiger partial charge in [-0.15, -0.1) is 11.3 Å². The summed E-state index contributed by atoms with van der Waals surface area (Å²) in [5.41, 5.74) is -0.0543. The zero-order valence-corrected chi connectivity index (χ0v) is 16.0. The molecule has 0 aromatic carbocycles. The Bertz CT molecular complexity index is 542. The van der Waals surface area contributed by atoms with E-state index in [-0.39, 0.29) is 41.3 Å². The molecular weight excluding hydrogens is 323 g/mol. The average Bonchev–Trinajstić information content (AvgIpc) is 2.81. The van der Waals surface area contributed by atoms with E-state index in [1.54, 1.807) is 14.0 Å². The number of carboxylic acid groups (broad SMARTS) is 1. The van der Waals surface area contributed by atoms with Crippen LogP contribution in [0.15, 0.2) is 0 Å². The summed E-state index contributed by atoms with van der Waals surface area (Å²) in [6.07, 6.45) is 3.75. The Morgan fingerprint density at radius 1 is 1.38 bits per heavy atom. The standard InChI is InChI=1S/C16H26N2O4S.Li/c1-10-17-14(13(23-10)15(19)20)22-12-7-5-11(6-8-12)18-16(2,3)9-21-4;/h11-12,18H,5-9H2,1-4H3,(H,19,20);/q;+1/p-1. The summed E-state index contributed by atoms with van der Waals surface area (Å²) in [6, 6.07) is 0.429. The number of ether oxygens (including phenoxy) is 2. The number of aromatic carboxylic acids is 1. The number of carbonyl (C=O) groups is 1. The summed E-state index contributed by atoms with van der Waals surface area (Å²) in [6.45, 7) is 6.69. The summed E-state index contributed by atoms with van der Waals surface area (Å²) in [5.74, 6) is -1.01. The van der Waals surface area contributed by atoms with Crippen molar-refractivity contribution in [3.8, 4) is 5.88 Å². The fourth-order valence-electron chi connectivity index (χ4n) is 3.05. The number of carbonyl (C=O) groups excluding carboxylic acids is 1. The van der Waals surface area contributed by atoms with Gasteiger partial charge >= 0.3 is 18.9 Å². The summed E-state index contributed by atoms with van der Waals surface area (Å²) in [4.78, 5) is 15.4. The van der Waals surface area contributed by atoms with Crippen LogP contribution in [0.5, 0.6) is 5.88 Å². The van der Waals surface area contributed by atoms with Crippen molar-refractivity contribution in [3.05, 3.63) is 9.88 Å². The zero-order chi connectivity index (χ0) is 17.0. The first-order chi connectivity index (χ1) is 10.8. The summed E-state index contributed by atoms with van der Waals surface area (Å²) in [7, 11) is 1.71. The molecule has 1 aromatic heterocycles. The van der Waals surface area contributed by atoms with Crippen molar-refractivity contribution in [3.63, 3.8) is 0 Å². The number of hydrogen-bond donors (Lipinski definition) is 1. The van der Waals surface area contributed by atoms with Gasteiger partial charge in [0, 0.05) is 18.7 Å². The molecule has 130 valence electrons. The molecule has 1 N–H and O–H groups in total. The van der Waals surface area contributed by atoms with Crippen LogP contribution in [0.25, 0.3) is 0 Å². The van der Waals surface area contributed by atoms with Crippen LogP contribution in [0.2, 0.25) is 0 Å². The van der Waals surface area contributed by atoms with Gasteiger partial charge in [0.2, 0.25) is 5.88 Å². The Hall–Kier alpha value is -0.583. The third-order valence-electron chi connectivity index (χ3n) is 3.94. The minimum absolute atomic E-state index is 0. The molecule has 1 aliphatic rings. The molecule has 0 amide bonds. The fraction of sp³-hybridized carbons (Fsp3) is 0.750. The van der Waals surface area contributed by atoms with Crippen LogP contribution in [-0.2, 0) is 4.74 Å². The molecule has 1 aliphatic carbocycles. The third kappa shape index (κ3) is 6.05. The van der Waals surface area contributed by atoms with E-state index in [0.29, 0.717) is 17.7 Å². The molecule has 6 nitrogen and oxygen atoms in total. The van der Waals surface area contributed by atoms with Gasteiger partial charge in [-0.1, -0.05) is 0 Å². The molecule has 0 saturated heterocycles. The van der Waals surface area contributed by atoms with Crippen molar-refractivity contribution in [1.82, 2.24) is 10.3 Å². The molecule has 0 radical (unpaired) electrons. The first-order valence-electron chi connectivity index (χ1n) is 7.93. The second kappa shape index (κ2) is 9.21. The van der Waals surface area contributed by atoms with E-state index in [4.69, 9.17) is 9.47 Å². The largest absolute Gasteiger partial charge is 1.00 e. The molecule has 2 rings (SSSR count). The van der Waals surface area contributed by atoms with E-state index in [2.05, 4.69) is 24.1 Å². The molecular formula is C16H25LiN2O4S. The Balaban J connectivity index is 0.00000288. The van der Waals surface area contributed by atoms with Gasteiger partial charge in [0.25, 0.3) is 0 Å². The molecule has 8 heteroatoms. The van der Waals surface area contributed by atoms with Crippen molar-refractivity contribution >= 4 is 17.3 Å². The first-order valence-corrected chi connectivity index (χ1v) is 8.74. The van der Waals surface area contributed by atoms with Gasteiger partial charge in [-0.3, -0.25) is 0 Å². The third-order valence-corrected chi connectivity index (χ3v) is 4.87. The van der Waals surface area contributed by atoms with Gasteiger partial charge in [-0.2, -0.15) is 0 Å². The van der Waals surface area contributed by atoms with Crippen molar-refractivity contribution in [2.24, 2.45) is 0 Å². The van der Waals surface area contributed by atoms with E-state index in [1.165, 1.54) is 0 Å². The second-order valence-corrected chi connectivity index (χ2v) is 7.91. The SMILES string of the molecule is COCC(C)(C)NC1CCC(Oc2nc(C)sc2C(=O)[O-])CC1.[Li+]. The van der Waals surface area contributed by atoms with E-state index >= 15 is 0 Å². The minimum Gasteiger partial charge on any atom is -0.544 e. The molecule has 24 heavy (non-hydrogen) atoms. The molecule has 0 unspecified atom stereocenters. The number of rotatable bonds is 7. The maximum atomic E-state index is 11.1. The molecule has 0 bridgehead atoms. The number of hydrogen-bond acceptors (Lipinski definition) is 7. The second-order valence-electron chi connectivity index (χ2n) is 6.71. The first kappa shape index (κ1) is 21.5. The maximum Gasteiger partial charge on any atom is 1.00 e. The van der Waals surface area contributed by atoms with E-state index < -0.39 is 5.97 Å². The predicted octanol–water partition coefficient (Wildman–Crippen LogP) is -1.48. The molecule has 1 saturated carbocycles. The number of aryl methyl sites for hydroxylation is 1. The van der Waals surface area contributed by atoms with Crippen LogP contribution in [0.4, 0.5) is 0 Å². The van der Waals surface area contributed by atoms with Gasteiger partial charge in [0.15, 0.2) is 0 Å². The van der Waals surface area contributed by atoms with Gasteiger partial charge in [-0.25, -0.2) is 4.98 Å². The quantitative estimate of drug-likeness (QED) is 0.606. The predicted molar refractivity (Wildman–Crippen MR) is 86.9 cm³/mol. The van der Waals surface area contributed by atoms with Crippen molar-refractivity contribution in [1.29, 1.82) is 0 Å². The monoisotopic (exact) mass is 348 g/mol. The number of nitrogens with zero attached hydrogens (tertiary/aromatic N) is 1. The molecule has 0 spiro atoms. The fourth-order valence-corrected chi connectivity index (χ4v) is 3.74. The molecule has 1 heterocycles. The van der Waals surface area contributed by atoms with Crippen LogP contribution in [0.1, 0.15) is 54.2 Å². The Kier molecular flexibility index (Phi) is 8.23. The summed E-state index contributed by atoms with van der Waals surface area (Å²) in [5, 5.41) is 15.4. The minimum atomic E-state index is -1.22. The van der Waals surface area contributed by atoms with Crippen LogP contribution in [-0.4, -0.2) is 42.4 Å². The Labute approximate surface area is 159 Å². The van der Waals surface area contributed by atoms with E-state index in [0.717, 1.165) is 37.0 Å². The normalized spacial score (nSPS) is 21.2. The molecule has 0 aliphatic heterocycles. The van der Waals surface area contributed by atoms with Gasteiger partial charge in [-0.05, 0) is 46.5 Å². The number of thiazole rings is 1. The van der Waals surface area contributed by atoms with Crippen LogP contribution in [0, 0.1) is 6.92 Å². The average molecular weight is 348 g/mol. The molecule has 1 fully saturated rings. The number of nitrogens with one attached hydrogen (secondary N) is 1. The van der Waals surface area contributed by atoms with Gasteiger partial charge in [0.05, 0.1) is 17.6 Å². The van der Waals surface area contributed by atoms with Crippen LogP contribution in [0.3, 0.4) is 0 Å². The number of aromatic nitrogens is 1. The summed E-state index contributed by atoms with van der Waals surface area (Å²) < 4.78 is 11.1. The Morgan fingerprint density at radius 2 is 2.00 bits per heavy atom. The van der Waals surface area contributed by atoms with Gasteiger partial charge < -0.3 is 24.7 Å². The van der Waals surface area contributed by atoms with E-state index in [9.17, 15) is 9.90 Å². The number of carboxylic acids is 1. The van der Waals surface area contributed by atoms with Gasteiger partial charge in [0.1, 0.15) is 11.0 Å². The number of methoxy groups -OCH3 is 1. The Morgan fingerprint density at radius 3 is 2.54 bits per heavy atom. The maximum absolute atomic E-state index is 11.1. The van der Waals surface area contributed by atoms with E-state index in [1.807, 2.05) is 0 Å². The zero-order valence-electron chi connectivity index (χ0n) is 15.2. The van der Waals surface area contributed by atoms with Crippen molar-refractivity contribution in [2.75, 3.05) is 13.7 Å². The van der Waals surface area contributed by atoms with Crippen molar-refractivity contribution < 1.29 is 38.2 Å². The summed E-state index contributed by atoms with van der Waals surface area (Å²) >= 11 is 1.10. The molecule has 0 atom stereocenters. The smallest absolute Gasteiger partial charge is 0.544 e. The van der Waals surface area contributed by atoms with Crippen molar-refractivity contribution in [2.45, 2.75) is 64.1 Å². The molecule has 1 aromatic rings.